The molecule has 0 aliphatic heterocycles. The molecule has 25 heavy (non-hydrogen) atoms. The van der Waals surface area contributed by atoms with Gasteiger partial charge < -0.3 is 5.32 Å². The van der Waals surface area contributed by atoms with Crippen molar-refractivity contribution < 1.29 is 4.79 Å². The van der Waals surface area contributed by atoms with Crippen LogP contribution in [-0.2, 0) is 11.8 Å². The van der Waals surface area contributed by atoms with E-state index in [1.54, 1.807) is 16.0 Å². The molecule has 2 aromatic heterocycles. The van der Waals surface area contributed by atoms with Gasteiger partial charge in [0.05, 0.1) is 28.0 Å². The zero-order valence-corrected chi connectivity index (χ0v) is 16.2. The van der Waals surface area contributed by atoms with Crippen molar-refractivity contribution in [3.8, 4) is 11.3 Å². The van der Waals surface area contributed by atoms with Crippen LogP contribution in [0.15, 0.2) is 40.1 Å². The first-order valence-electron chi connectivity index (χ1n) is 7.94. The number of hydrogen-bond acceptors (Lipinski definition) is 5. The van der Waals surface area contributed by atoms with Crippen LogP contribution in [0.5, 0.6) is 0 Å². The van der Waals surface area contributed by atoms with E-state index in [1.807, 2.05) is 63.5 Å². The number of anilines is 1. The van der Waals surface area contributed by atoms with Crippen molar-refractivity contribution in [1.29, 1.82) is 0 Å². The fourth-order valence-electron chi connectivity index (χ4n) is 2.44. The number of aromatic nitrogens is 3. The quantitative estimate of drug-likeness (QED) is 0.679. The number of carbonyl (C=O) groups is 1. The zero-order chi connectivity index (χ0) is 18.0. The Morgan fingerprint density at radius 1 is 1.28 bits per heavy atom. The second-order valence-corrected chi connectivity index (χ2v) is 8.23. The minimum atomic E-state index is -0.242. The molecular formula is C18H20N4OS2. The summed E-state index contributed by atoms with van der Waals surface area (Å²) in [7, 11) is 1.87. The third-order valence-electron chi connectivity index (χ3n) is 3.96. The Balaban J connectivity index is 1.67. The molecule has 1 N–H and O–H groups in total. The number of carbonyl (C=O) groups excluding carboxylic acids is 1. The maximum Gasteiger partial charge on any atom is 0.237 e. The minimum absolute atomic E-state index is 0.0411. The molecule has 1 amide bonds. The number of thioether (sulfide) groups is 1. The summed E-state index contributed by atoms with van der Waals surface area (Å²) in [6.07, 6.45) is 0. The summed E-state index contributed by atoms with van der Waals surface area (Å²) in [5, 5.41) is 9.10. The predicted molar refractivity (Wildman–Crippen MR) is 104 cm³/mol. The van der Waals surface area contributed by atoms with Crippen molar-refractivity contribution in [2.45, 2.75) is 30.4 Å². The highest BCUT2D eigenvalue weighted by molar-refractivity contribution is 8.02. The first kappa shape index (κ1) is 17.7. The van der Waals surface area contributed by atoms with Gasteiger partial charge in [-0.15, -0.1) is 11.3 Å². The molecule has 0 bridgehead atoms. The maximum absolute atomic E-state index is 12.5. The van der Waals surface area contributed by atoms with Crippen LogP contribution in [0, 0.1) is 13.8 Å². The lowest BCUT2D eigenvalue weighted by atomic mass is 10.2. The van der Waals surface area contributed by atoms with Crippen molar-refractivity contribution in [2.24, 2.45) is 7.05 Å². The molecule has 0 aliphatic carbocycles. The molecule has 0 saturated heterocycles. The van der Waals surface area contributed by atoms with Gasteiger partial charge in [-0.2, -0.15) is 5.10 Å². The number of hydrogen-bond donors (Lipinski definition) is 1. The third kappa shape index (κ3) is 3.93. The summed E-state index contributed by atoms with van der Waals surface area (Å²) < 4.78 is 2.66. The number of aryl methyl sites for hydroxylation is 2. The molecule has 1 unspecified atom stereocenters. The summed E-state index contributed by atoms with van der Waals surface area (Å²) >= 11 is 3.04. The summed E-state index contributed by atoms with van der Waals surface area (Å²) in [5.41, 5.74) is 4.60. The van der Waals surface area contributed by atoms with Crippen LogP contribution in [0.1, 0.15) is 18.3 Å². The maximum atomic E-state index is 12.5. The molecule has 0 fully saturated rings. The van der Waals surface area contributed by atoms with Crippen molar-refractivity contribution in [2.75, 3.05) is 5.32 Å². The second-order valence-electron chi connectivity index (χ2n) is 5.78. The van der Waals surface area contributed by atoms with Crippen molar-refractivity contribution in [3.63, 3.8) is 0 Å². The van der Waals surface area contributed by atoms with Crippen LogP contribution in [-0.4, -0.2) is 25.9 Å². The van der Waals surface area contributed by atoms with Gasteiger partial charge >= 0.3 is 0 Å². The predicted octanol–water partition coefficient (Wildman–Crippen LogP) is 4.28. The van der Waals surface area contributed by atoms with Gasteiger partial charge in [0, 0.05) is 18.0 Å². The minimum Gasteiger partial charge on any atom is -0.322 e. The van der Waals surface area contributed by atoms with Crippen LogP contribution in [0.25, 0.3) is 11.3 Å². The van der Waals surface area contributed by atoms with Crippen LogP contribution in [0.2, 0.25) is 0 Å². The van der Waals surface area contributed by atoms with Gasteiger partial charge in [-0.1, -0.05) is 42.1 Å². The Morgan fingerprint density at radius 2 is 2.00 bits per heavy atom. The summed E-state index contributed by atoms with van der Waals surface area (Å²) in [6, 6.07) is 10.0. The van der Waals surface area contributed by atoms with Crippen LogP contribution in [0.3, 0.4) is 0 Å². The molecule has 0 saturated carbocycles. The Kier molecular flexibility index (Phi) is 5.24. The number of amides is 1. The monoisotopic (exact) mass is 372 g/mol. The molecule has 7 heteroatoms. The van der Waals surface area contributed by atoms with Gasteiger partial charge in [0.2, 0.25) is 5.91 Å². The van der Waals surface area contributed by atoms with Crippen LogP contribution in [0.4, 0.5) is 5.69 Å². The standard InChI is InChI=1S/C18H20N4OS2/c1-11-16(12(2)22(4)21-11)20-17(23)13(3)25-18-19-15(10-24-18)14-8-6-5-7-9-14/h5-10,13H,1-4H3,(H,20,23). The second kappa shape index (κ2) is 7.41. The highest BCUT2D eigenvalue weighted by Gasteiger charge is 2.20. The molecule has 2 heterocycles. The highest BCUT2D eigenvalue weighted by atomic mass is 32.2. The molecule has 3 rings (SSSR count). The number of benzene rings is 1. The van der Waals surface area contributed by atoms with E-state index < -0.39 is 0 Å². The van der Waals surface area contributed by atoms with E-state index in [9.17, 15) is 4.79 Å². The SMILES string of the molecule is Cc1nn(C)c(C)c1NC(=O)C(C)Sc1nc(-c2ccccc2)cs1. The zero-order valence-electron chi connectivity index (χ0n) is 14.6. The van der Waals surface area contributed by atoms with E-state index in [-0.39, 0.29) is 11.2 Å². The fourth-order valence-corrected chi connectivity index (χ4v) is 4.41. The van der Waals surface area contributed by atoms with Gasteiger partial charge in [-0.25, -0.2) is 4.98 Å². The molecule has 0 aliphatic rings. The Labute approximate surface area is 155 Å². The van der Waals surface area contributed by atoms with Crippen molar-refractivity contribution in [3.05, 3.63) is 47.1 Å². The molecule has 0 spiro atoms. The average Bonchev–Trinajstić information content (AvgIpc) is 3.16. The van der Waals surface area contributed by atoms with Gasteiger partial charge in [-0.3, -0.25) is 9.48 Å². The summed E-state index contributed by atoms with van der Waals surface area (Å²) in [5.74, 6) is -0.0411. The third-order valence-corrected chi connectivity index (χ3v) is 6.03. The number of nitrogens with one attached hydrogen (secondary N) is 1. The van der Waals surface area contributed by atoms with Gasteiger partial charge in [0.1, 0.15) is 0 Å². The van der Waals surface area contributed by atoms with E-state index >= 15 is 0 Å². The number of rotatable bonds is 5. The van der Waals surface area contributed by atoms with Crippen molar-refractivity contribution in [1.82, 2.24) is 14.8 Å². The van der Waals surface area contributed by atoms with E-state index in [0.29, 0.717) is 0 Å². The highest BCUT2D eigenvalue weighted by Crippen LogP contribution is 2.31. The number of thiazole rings is 1. The Morgan fingerprint density at radius 3 is 2.64 bits per heavy atom. The van der Waals surface area contributed by atoms with E-state index in [0.717, 1.165) is 32.7 Å². The largest absolute Gasteiger partial charge is 0.322 e. The average molecular weight is 373 g/mol. The van der Waals surface area contributed by atoms with Gasteiger partial charge in [0.15, 0.2) is 4.34 Å². The topological polar surface area (TPSA) is 59.8 Å². The van der Waals surface area contributed by atoms with E-state index in [2.05, 4.69) is 15.4 Å². The number of nitrogens with zero attached hydrogens (tertiary/aromatic N) is 3. The lowest BCUT2D eigenvalue weighted by Crippen LogP contribution is -2.23. The van der Waals surface area contributed by atoms with Crippen LogP contribution < -0.4 is 5.32 Å². The van der Waals surface area contributed by atoms with E-state index in [4.69, 9.17) is 0 Å². The normalized spacial score (nSPS) is 12.2. The van der Waals surface area contributed by atoms with Gasteiger partial charge in [0.25, 0.3) is 0 Å². The molecule has 130 valence electrons. The Bertz CT molecular complexity index is 886. The molecular weight excluding hydrogens is 352 g/mol. The first-order chi connectivity index (χ1) is 12.0. The van der Waals surface area contributed by atoms with Crippen molar-refractivity contribution >= 4 is 34.7 Å². The molecule has 1 atom stereocenters. The molecule has 0 radical (unpaired) electrons. The van der Waals surface area contributed by atoms with Crippen LogP contribution >= 0.6 is 23.1 Å². The fraction of sp³-hybridized carbons (Fsp3) is 0.278. The molecule has 3 aromatic rings. The molecule has 5 nitrogen and oxygen atoms in total. The molecule has 1 aromatic carbocycles. The van der Waals surface area contributed by atoms with Gasteiger partial charge in [-0.05, 0) is 20.8 Å². The van der Waals surface area contributed by atoms with E-state index in [1.165, 1.54) is 11.8 Å². The smallest absolute Gasteiger partial charge is 0.237 e. The Hall–Kier alpha value is -2.12. The summed E-state index contributed by atoms with van der Waals surface area (Å²) in [4.78, 5) is 17.1. The summed E-state index contributed by atoms with van der Waals surface area (Å²) in [6.45, 7) is 5.73. The first-order valence-corrected chi connectivity index (χ1v) is 9.70. The lowest BCUT2D eigenvalue weighted by molar-refractivity contribution is -0.115. The lowest BCUT2D eigenvalue weighted by Gasteiger charge is -2.10.